The van der Waals surface area contributed by atoms with Gasteiger partial charge in [0.25, 0.3) is 5.91 Å². The number of likely N-dealkylation sites (N-methyl/N-ethyl adjacent to an activating group) is 1. The molecule has 0 aliphatic carbocycles. The van der Waals surface area contributed by atoms with Crippen molar-refractivity contribution in [3.63, 3.8) is 0 Å². The van der Waals surface area contributed by atoms with E-state index < -0.39 is 0 Å². The lowest BCUT2D eigenvalue weighted by molar-refractivity contribution is -0.136. The highest BCUT2D eigenvalue weighted by molar-refractivity contribution is 5.95. The molecule has 0 saturated carbocycles. The quantitative estimate of drug-likeness (QED) is 0.816. The lowest BCUT2D eigenvalue weighted by atomic mass is 9.95. The Morgan fingerprint density at radius 2 is 1.58 bits per heavy atom. The van der Waals surface area contributed by atoms with E-state index >= 15 is 0 Å². The minimum absolute atomic E-state index is 0.0537. The van der Waals surface area contributed by atoms with Gasteiger partial charge in [-0.05, 0) is 58.8 Å². The van der Waals surface area contributed by atoms with E-state index in [9.17, 15) is 9.59 Å². The second-order valence-corrected chi connectivity index (χ2v) is 7.95. The number of carbonyl (C=O) groups is 2. The molecule has 3 rings (SSSR count). The first-order chi connectivity index (χ1) is 12.4. The van der Waals surface area contributed by atoms with Gasteiger partial charge < -0.3 is 14.7 Å². The van der Waals surface area contributed by atoms with Gasteiger partial charge in [-0.2, -0.15) is 0 Å². The maximum atomic E-state index is 13.0. The Kier molecular flexibility index (Phi) is 5.97. The molecule has 5 heteroatoms. The summed E-state index contributed by atoms with van der Waals surface area (Å²) in [4.78, 5) is 32.1. The average Bonchev–Trinajstić information content (AvgIpc) is 2.84. The Hall–Kier alpha value is -1.88. The smallest absolute Gasteiger partial charge is 0.253 e. The monoisotopic (exact) mass is 357 g/mol. The summed E-state index contributed by atoms with van der Waals surface area (Å²) in [6.07, 6.45) is 2.82. The number of nitrogens with zero attached hydrogens (tertiary/aromatic N) is 3. The van der Waals surface area contributed by atoms with Crippen LogP contribution in [-0.4, -0.2) is 72.8 Å². The Balaban J connectivity index is 1.66. The molecule has 26 heavy (non-hydrogen) atoms. The zero-order valence-corrected chi connectivity index (χ0v) is 16.3. The van der Waals surface area contributed by atoms with Crippen LogP contribution in [0.25, 0.3) is 0 Å². The SMILES string of the molecule is Cc1cc(C)cc(C(=O)N2CCCC(C(=O)N3CCCN(C)CC3)C2)c1. The van der Waals surface area contributed by atoms with E-state index in [1.165, 1.54) is 0 Å². The fraction of sp³-hybridized carbons (Fsp3) is 0.619. The van der Waals surface area contributed by atoms with Gasteiger partial charge in [0.1, 0.15) is 0 Å². The summed E-state index contributed by atoms with van der Waals surface area (Å²) in [6, 6.07) is 5.98. The molecule has 1 unspecified atom stereocenters. The maximum absolute atomic E-state index is 13.0. The third-order valence-corrected chi connectivity index (χ3v) is 5.56. The molecule has 2 fully saturated rings. The molecule has 1 aromatic rings. The minimum Gasteiger partial charge on any atom is -0.341 e. The third-order valence-electron chi connectivity index (χ3n) is 5.56. The topological polar surface area (TPSA) is 43.9 Å². The number of hydrogen-bond acceptors (Lipinski definition) is 3. The van der Waals surface area contributed by atoms with Crippen LogP contribution in [0.3, 0.4) is 0 Å². The van der Waals surface area contributed by atoms with Crippen LogP contribution in [0.1, 0.15) is 40.7 Å². The lowest BCUT2D eigenvalue weighted by Gasteiger charge is -2.35. The first kappa shape index (κ1) is 18.9. The first-order valence-electron chi connectivity index (χ1n) is 9.79. The molecule has 142 valence electrons. The number of aryl methyl sites for hydroxylation is 2. The van der Waals surface area contributed by atoms with E-state index in [4.69, 9.17) is 0 Å². The second kappa shape index (κ2) is 8.21. The molecule has 5 nitrogen and oxygen atoms in total. The second-order valence-electron chi connectivity index (χ2n) is 7.95. The van der Waals surface area contributed by atoms with E-state index in [1.54, 1.807) is 0 Å². The van der Waals surface area contributed by atoms with Crippen LogP contribution in [0.5, 0.6) is 0 Å². The van der Waals surface area contributed by atoms with Gasteiger partial charge in [0.2, 0.25) is 5.91 Å². The van der Waals surface area contributed by atoms with Gasteiger partial charge in [-0.25, -0.2) is 0 Å². The van der Waals surface area contributed by atoms with Crippen LogP contribution in [0, 0.1) is 19.8 Å². The molecular weight excluding hydrogens is 326 g/mol. The summed E-state index contributed by atoms with van der Waals surface area (Å²) >= 11 is 0. The molecule has 2 heterocycles. The molecule has 0 spiro atoms. The number of amides is 2. The zero-order valence-electron chi connectivity index (χ0n) is 16.3. The molecule has 0 aromatic heterocycles. The van der Waals surface area contributed by atoms with Crippen molar-refractivity contribution in [3.8, 4) is 0 Å². The van der Waals surface area contributed by atoms with Gasteiger partial charge in [0.15, 0.2) is 0 Å². The summed E-state index contributed by atoms with van der Waals surface area (Å²) < 4.78 is 0. The molecule has 2 saturated heterocycles. The van der Waals surface area contributed by atoms with Crippen LogP contribution < -0.4 is 0 Å². The van der Waals surface area contributed by atoms with E-state index in [0.717, 1.165) is 68.7 Å². The molecule has 2 aliphatic heterocycles. The third kappa shape index (κ3) is 4.44. The van der Waals surface area contributed by atoms with E-state index in [2.05, 4.69) is 18.0 Å². The number of benzene rings is 1. The number of carbonyl (C=O) groups excluding carboxylic acids is 2. The van der Waals surface area contributed by atoms with E-state index in [-0.39, 0.29) is 17.7 Å². The predicted molar refractivity (Wildman–Crippen MR) is 103 cm³/mol. The highest BCUT2D eigenvalue weighted by Crippen LogP contribution is 2.22. The summed E-state index contributed by atoms with van der Waals surface area (Å²) in [5.41, 5.74) is 2.95. The van der Waals surface area contributed by atoms with Crippen molar-refractivity contribution in [2.24, 2.45) is 5.92 Å². The summed E-state index contributed by atoms with van der Waals surface area (Å²) in [5.74, 6) is 0.241. The number of rotatable bonds is 2. The number of hydrogen-bond donors (Lipinski definition) is 0. The van der Waals surface area contributed by atoms with Crippen LogP contribution in [-0.2, 0) is 4.79 Å². The van der Waals surface area contributed by atoms with Crippen molar-refractivity contribution < 1.29 is 9.59 Å². The van der Waals surface area contributed by atoms with E-state index in [0.29, 0.717) is 6.54 Å². The van der Waals surface area contributed by atoms with Crippen molar-refractivity contribution in [2.45, 2.75) is 33.1 Å². The van der Waals surface area contributed by atoms with Crippen LogP contribution >= 0.6 is 0 Å². The summed E-state index contributed by atoms with van der Waals surface area (Å²) in [6.45, 7) is 8.96. The molecule has 1 atom stereocenters. The number of piperidine rings is 1. The van der Waals surface area contributed by atoms with Crippen molar-refractivity contribution in [3.05, 3.63) is 34.9 Å². The van der Waals surface area contributed by atoms with Crippen LogP contribution in [0.15, 0.2) is 18.2 Å². The Labute approximate surface area is 156 Å². The number of likely N-dealkylation sites (tertiary alicyclic amines) is 1. The maximum Gasteiger partial charge on any atom is 0.253 e. The minimum atomic E-state index is -0.0537. The highest BCUT2D eigenvalue weighted by atomic mass is 16.2. The molecular formula is C21H31N3O2. The molecule has 0 radical (unpaired) electrons. The highest BCUT2D eigenvalue weighted by Gasteiger charge is 2.32. The van der Waals surface area contributed by atoms with Crippen LogP contribution in [0.4, 0.5) is 0 Å². The van der Waals surface area contributed by atoms with Crippen LogP contribution in [0.2, 0.25) is 0 Å². The van der Waals surface area contributed by atoms with E-state index in [1.807, 2.05) is 35.8 Å². The van der Waals surface area contributed by atoms with Gasteiger partial charge in [-0.15, -0.1) is 0 Å². The predicted octanol–water partition coefficient (Wildman–Crippen LogP) is 2.32. The molecule has 0 N–H and O–H groups in total. The van der Waals surface area contributed by atoms with Gasteiger partial charge in [-0.1, -0.05) is 17.2 Å². The lowest BCUT2D eigenvalue weighted by Crippen LogP contribution is -2.47. The molecule has 2 amide bonds. The van der Waals surface area contributed by atoms with Crippen molar-refractivity contribution >= 4 is 11.8 Å². The standard InChI is InChI=1S/C21H31N3O2/c1-16-12-17(2)14-19(13-16)21(26)24-8-4-6-18(15-24)20(25)23-9-5-7-22(3)10-11-23/h12-14,18H,4-11,15H2,1-3H3. The first-order valence-corrected chi connectivity index (χ1v) is 9.79. The van der Waals surface area contributed by atoms with Crippen molar-refractivity contribution in [1.82, 2.24) is 14.7 Å². The van der Waals surface area contributed by atoms with Gasteiger partial charge in [-0.3, -0.25) is 9.59 Å². The summed E-state index contributed by atoms with van der Waals surface area (Å²) in [7, 11) is 2.11. The normalized spacial score (nSPS) is 22.2. The van der Waals surface area contributed by atoms with Gasteiger partial charge >= 0.3 is 0 Å². The summed E-state index contributed by atoms with van der Waals surface area (Å²) in [5, 5.41) is 0. The van der Waals surface area contributed by atoms with Gasteiger partial charge in [0, 0.05) is 38.3 Å². The fourth-order valence-corrected chi connectivity index (χ4v) is 4.17. The van der Waals surface area contributed by atoms with Crippen molar-refractivity contribution in [2.75, 3.05) is 46.3 Å². The molecule has 2 aliphatic rings. The Morgan fingerprint density at radius 1 is 0.885 bits per heavy atom. The molecule has 1 aromatic carbocycles. The fourth-order valence-electron chi connectivity index (χ4n) is 4.17. The van der Waals surface area contributed by atoms with Gasteiger partial charge in [0.05, 0.1) is 5.92 Å². The largest absolute Gasteiger partial charge is 0.341 e. The Bertz CT molecular complexity index is 653. The van der Waals surface area contributed by atoms with Crippen molar-refractivity contribution in [1.29, 1.82) is 0 Å². The Morgan fingerprint density at radius 3 is 2.31 bits per heavy atom. The molecule has 0 bridgehead atoms. The average molecular weight is 357 g/mol. The zero-order chi connectivity index (χ0) is 18.7.